The Morgan fingerprint density at radius 1 is 1.04 bits per heavy atom. The summed E-state index contributed by atoms with van der Waals surface area (Å²) in [6.45, 7) is 11.3. The minimum Gasteiger partial charge on any atom is -0.307 e. The summed E-state index contributed by atoms with van der Waals surface area (Å²) >= 11 is 1.79. The molecule has 130 valence electrons. The Morgan fingerprint density at radius 2 is 1.67 bits per heavy atom. The highest BCUT2D eigenvalue weighted by atomic mass is 32.1. The van der Waals surface area contributed by atoms with Gasteiger partial charge in [0.2, 0.25) is 0 Å². The number of nitrogens with one attached hydrogen (secondary N) is 1. The molecule has 0 radical (unpaired) electrons. The van der Waals surface area contributed by atoms with Crippen LogP contribution in [0, 0.1) is 0 Å². The highest BCUT2D eigenvalue weighted by molar-refractivity contribution is 7.07. The molecule has 0 spiro atoms. The van der Waals surface area contributed by atoms with Crippen LogP contribution in [0.3, 0.4) is 0 Å². The van der Waals surface area contributed by atoms with Crippen molar-refractivity contribution >= 4 is 11.3 Å². The molecule has 0 atom stereocenters. The van der Waals surface area contributed by atoms with Crippen molar-refractivity contribution in [3.05, 3.63) is 52.5 Å². The van der Waals surface area contributed by atoms with Crippen LogP contribution in [0.2, 0.25) is 0 Å². The number of pyridine rings is 1. The Labute approximate surface area is 150 Å². The van der Waals surface area contributed by atoms with Crippen LogP contribution < -0.4 is 5.32 Å². The van der Waals surface area contributed by atoms with Gasteiger partial charge in [-0.25, -0.2) is 0 Å². The van der Waals surface area contributed by atoms with Crippen molar-refractivity contribution in [2.45, 2.75) is 70.7 Å². The van der Waals surface area contributed by atoms with E-state index in [0.29, 0.717) is 6.04 Å². The van der Waals surface area contributed by atoms with Crippen molar-refractivity contribution < 1.29 is 0 Å². The maximum atomic E-state index is 4.16. The van der Waals surface area contributed by atoms with E-state index in [-0.39, 0.29) is 11.1 Å². The summed E-state index contributed by atoms with van der Waals surface area (Å²) in [4.78, 5) is 6.81. The summed E-state index contributed by atoms with van der Waals surface area (Å²) in [5.74, 6) is 0. The SMILES string of the molecule is CC1(C)CC(N(Cc2ccncc2)Cc2ccsc2)CC(C)(C)N1. The molecule has 3 nitrogen and oxygen atoms in total. The Morgan fingerprint density at radius 3 is 2.25 bits per heavy atom. The van der Waals surface area contributed by atoms with Gasteiger partial charge in [-0.05, 0) is 80.6 Å². The molecular formula is C20H29N3S. The fourth-order valence-corrected chi connectivity index (χ4v) is 4.84. The summed E-state index contributed by atoms with van der Waals surface area (Å²) in [5, 5.41) is 8.26. The zero-order valence-electron chi connectivity index (χ0n) is 15.2. The Kier molecular flexibility index (Phi) is 5.09. The molecule has 0 bridgehead atoms. The third-order valence-corrected chi connectivity index (χ3v) is 5.52. The minimum absolute atomic E-state index is 0.164. The van der Waals surface area contributed by atoms with Gasteiger partial charge in [0, 0.05) is 42.6 Å². The molecule has 0 aromatic carbocycles. The second kappa shape index (κ2) is 6.95. The molecule has 1 N–H and O–H groups in total. The highest BCUT2D eigenvalue weighted by Crippen LogP contribution is 2.33. The first-order chi connectivity index (χ1) is 11.3. The number of nitrogens with zero attached hydrogens (tertiary/aromatic N) is 2. The Balaban J connectivity index is 1.83. The molecule has 0 aliphatic carbocycles. The zero-order chi connectivity index (χ0) is 17.2. The van der Waals surface area contributed by atoms with E-state index >= 15 is 0 Å². The average molecular weight is 344 g/mol. The summed E-state index contributed by atoms with van der Waals surface area (Å²) in [7, 11) is 0. The summed E-state index contributed by atoms with van der Waals surface area (Å²) in [5.41, 5.74) is 3.09. The zero-order valence-corrected chi connectivity index (χ0v) is 16.1. The van der Waals surface area contributed by atoms with Crippen LogP contribution in [0.5, 0.6) is 0 Å². The molecule has 0 unspecified atom stereocenters. The third-order valence-electron chi connectivity index (χ3n) is 4.79. The molecule has 2 aromatic rings. The van der Waals surface area contributed by atoms with Crippen molar-refractivity contribution in [2.75, 3.05) is 0 Å². The third kappa shape index (κ3) is 4.65. The monoisotopic (exact) mass is 343 g/mol. The van der Waals surface area contributed by atoms with Gasteiger partial charge in [0.15, 0.2) is 0 Å². The largest absolute Gasteiger partial charge is 0.307 e. The first kappa shape index (κ1) is 17.6. The lowest BCUT2D eigenvalue weighted by molar-refractivity contribution is 0.0564. The van der Waals surface area contributed by atoms with Crippen molar-refractivity contribution in [1.82, 2.24) is 15.2 Å². The molecule has 1 fully saturated rings. The lowest BCUT2D eigenvalue weighted by atomic mass is 9.79. The van der Waals surface area contributed by atoms with Gasteiger partial charge < -0.3 is 5.32 Å². The van der Waals surface area contributed by atoms with E-state index in [4.69, 9.17) is 0 Å². The summed E-state index contributed by atoms with van der Waals surface area (Å²) < 4.78 is 0. The van der Waals surface area contributed by atoms with Gasteiger partial charge in [0.25, 0.3) is 0 Å². The van der Waals surface area contributed by atoms with Gasteiger partial charge >= 0.3 is 0 Å². The highest BCUT2D eigenvalue weighted by Gasteiger charge is 2.39. The van der Waals surface area contributed by atoms with E-state index in [1.54, 1.807) is 11.3 Å². The predicted octanol–water partition coefficient (Wildman–Crippen LogP) is 4.45. The second-order valence-electron chi connectivity index (χ2n) is 8.35. The van der Waals surface area contributed by atoms with E-state index in [0.717, 1.165) is 13.1 Å². The molecule has 1 aliphatic heterocycles. The average Bonchev–Trinajstić information content (AvgIpc) is 2.97. The molecule has 0 saturated carbocycles. The topological polar surface area (TPSA) is 28.2 Å². The molecule has 0 amide bonds. The van der Waals surface area contributed by atoms with Crippen LogP contribution >= 0.6 is 11.3 Å². The van der Waals surface area contributed by atoms with Gasteiger partial charge in [0.1, 0.15) is 0 Å². The van der Waals surface area contributed by atoms with Crippen molar-refractivity contribution in [2.24, 2.45) is 0 Å². The van der Waals surface area contributed by atoms with E-state index in [1.165, 1.54) is 24.0 Å². The van der Waals surface area contributed by atoms with Crippen LogP contribution in [0.4, 0.5) is 0 Å². The lowest BCUT2D eigenvalue weighted by Gasteiger charge is -2.49. The molecular weight excluding hydrogens is 314 g/mol. The number of hydrogen-bond acceptors (Lipinski definition) is 4. The van der Waals surface area contributed by atoms with Gasteiger partial charge in [-0.1, -0.05) is 0 Å². The minimum atomic E-state index is 0.164. The van der Waals surface area contributed by atoms with Gasteiger partial charge in [-0.2, -0.15) is 11.3 Å². The maximum Gasteiger partial charge on any atom is 0.0271 e. The van der Waals surface area contributed by atoms with Crippen LogP contribution in [0.25, 0.3) is 0 Å². The molecule has 2 aromatic heterocycles. The smallest absolute Gasteiger partial charge is 0.0271 e. The van der Waals surface area contributed by atoms with Gasteiger partial charge in [-0.3, -0.25) is 9.88 Å². The number of hydrogen-bond donors (Lipinski definition) is 1. The molecule has 4 heteroatoms. The molecule has 3 heterocycles. The fourth-order valence-electron chi connectivity index (χ4n) is 4.18. The molecule has 1 aliphatic rings. The molecule has 24 heavy (non-hydrogen) atoms. The summed E-state index contributed by atoms with van der Waals surface area (Å²) in [6, 6.07) is 7.10. The summed E-state index contributed by atoms with van der Waals surface area (Å²) in [6.07, 6.45) is 6.14. The number of aromatic nitrogens is 1. The molecule has 1 saturated heterocycles. The Bertz CT molecular complexity index is 618. The van der Waals surface area contributed by atoms with Crippen LogP contribution in [-0.2, 0) is 13.1 Å². The van der Waals surface area contributed by atoms with Crippen LogP contribution in [0.1, 0.15) is 51.7 Å². The van der Waals surface area contributed by atoms with Gasteiger partial charge in [-0.15, -0.1) is 0 Å². The standard InChI is InChI=1S/C20H29N3S/c1-19(2)11-18(12-20(3,4)22-19)23(14-17-7-10-24-15-17)13-16-5-8-21-9-6-16/h5-10,15,18,22H,11-14H2,1-4H3. The second-order valence-corrected chi connectivity index (χ2v) is 9.13. The van der Waals surface area contributed by atoms with Gasteiger partial charge in [0.05, 0.1) is 0 Å². The number of piperidine rings is 1. The van der Waals surface area contributed by atoms with E-state index in [9.17, 15) is 0 Å². The lowest BCUT2D eigenvalue weighted by Crippen LogP contribution is -2.62. The van der Waals surface area contributed by atoms with Crippen LogP contribution in [-0.4, -0.2) is 27.0 Å². The quantitative estimate of drug-likeness (QED) is 0.869. The Hall–Kier alpha value is -1.23. The first-order valence-corrected chi connectivity index (χ1v) is 9.71. The van der Waals surface area contributed by atoms with E-state index in [2.05, 4.69) is 71.9 Å². The normalized spacial score (nSPS) is 20.4. The molecule has 3 rings (SSSR count). The first-order valence-electron chi connectivity index (χ1n) is 8.76. The van der Waals surface area contributed by atoms with E-state index in [1.807, 2.05) is 12.4 Å². The van der Waals surface area contributed by atoms with Crippen molar-refractivity contribution in [3.63, 3.8) is 0 Å². The predicted molar refractivity (Wildman–Crippen MR) is 102 cm³/mol. The number of rotatable bonds is 5. The van der Waals surface area contributed by atoms with Crippen molar-refractivity contribution in [1.29, 1.82) is 0 Å². The van der Waals surface area contributed by atoms with Crippen LogP contribution in [0.15, 0.2) is 41.4 Å². The fraction of sp³-hybridized carbons (Fsp3) is 0.550. The maximum absolute atomic E-state index is 4.16. The number of thiophene rings is 1. The van der Waals surface area contributed by atoms with E-state index < -0.39 is 0 Å². The van der Waals surface area contributed by atoms with Crippen molar-refractivity contribution in [3.8, 4) is 0 Å².